The van der Waals surface area contributed by atoms with E-state index in [1.54, 1.807) is 24.1 Å². The Labute approximate surface area is 124 Å². The minimum atomic E-state index is -3.48. The molecule has 7 nitrogen and oxygen atoms in total. The van der Waals surface area contributed by atoms with Crippen molar-refractivity contribution in [3.05, 3.63) is 29.8 Å². The van der Waals surface area contributed by atoms with Gasteiger partial charge in [-0.25, -0.2) is 8.42 Å². The van der Waals surface area contributed by atoms with Crippen LogP contribution >= 0.6 is 0 Å². The maximum absolute atomic E-state index is 12.3. The zero-order chi connectivity index (χ0) is 16.0. The Morgan fingerprint density at radius 1 is 1.48 bits per heavy atom. The fourth-order valence-corrected chi connectivity index (χ4v) is 3.00. The molecule has 1 atom stereocenters. The fraction of sp³-hybridized carbons (Fsp3) is 0.462. The molecule has 0 aromatic heterocycles. The monoisotopic (exact) mass is 315 g/mol. The topological polar surface area (TPSA) is 116 Å². The lowest BCUT2D eigenvalue weighted by Crippen LogP contribution is -2.35. The molecule has 8 heteroatoms. The van der Waals surface area contributed by atoms with Gasteiger partial charge in [0.15, 0.2) is 15.7 Å². The molecule has 1 aromatic rings. The number of benzene rings is 1. The molecule has 1 aromatic carbocycles. The van der Waals surface area contributed by atoms with Crippen molar-refractivity contribution in [3.8, 4) is 0 Å². The minimum absolute atomic E-state index is 0.0322. The number of sulfone groups is 1. The van der Waals surface area contributed by atoms with E-state index in [0.29, 0.717) is 12.1 Å². The molecule has 0 bridgehead atoms. The second-order valence-electron chi connectivity index (χ2n) is 4.84. The SMILES string of the molecule is CC(CO)N(C)CCS(=O)(=O)c1cccc(/C(N)=N/O)c1. The highest BCUT2D eigenvalue weighted by Crippen LogP contribution is 2.14. The summed E-state index contributed by atoms with van der Waals surface area (Å²) < 4.78 is 24.6. The van der Waals surface area contributed by atoms with E-state index in [-0.39, 0.29) is 29.1 Å². The number of oxime groups is 1. The molecule has 0 heterocycles. The number of hydrogen-bond acceptors (Lipinski definition) is 6. The molecule has 0 aliphatic rings. The fourth-order valence-electron chi connectivity index (χ4n) is 1.65. The van der Waals surface area contributed by atoms with Crippen molar-refractivity contribution < 1.29 is 18.7 Å². The molecule has 0 aliphatic carbocycles. The Morgan fingerprint density at radius 3 is 2.71 bits per heavy atom. The van der Waals surface area contributed by atoms with E-state index in [0.717, 1.165) is 0 Å². The number of aliphatic hydroxyl groups excluding tert-OH is 1. The predicted molar refractivity (Wildman–Crippen MR) is 80.2 cm³/mol. The maximum atomic E-state index is 12.3. The molecule has 0 saturated carbocycles. The summed E-state index contributed by atoms with van der Waals surface area (Å²) in [4.78, 5) is 1.89. The van der Waals surface area contributed by atoms with E-state index < -0.39 is 9.84 Å². The van der Waals surface area contributed by atoms with Gasteiger partial charge < -0.3 is 20.9 Å². The Kier molecular flexibility index (Phi) is 6.13. The third kappa shape index (κ3) is 4.69. The van der Waals surface area contributed by atoms with Crippen LogP contribution in [0.25, 0.3) is 0 Å². The normalized spacial score (nSPS) is 14.4. The van der Waals surface area contributed by atoms with Crippen LogP contribution in [-0.4, -0.2) is 61.5 Å². The van der Waals surface area contributed by atoms with Crippen LogP contribution in [0.5, 0.6) is 0 Å². The van der Waals surface area contributed by atoms with Crippen LogP contribution in [0.4, 0.5) is 0 Å². The van der Waals surface area contributed by atoms with Gasteiger partial charge in [0.05, 0.1) is 17.3 Å². The van der Waals surface area contributed by atoms with Crippen LogP contribution in [0.2, 0.25) is 0 Å². The summed E-state index contributed by atoms with van der Waals surface area (Å²) in [7, 11) is -1.72. The second-order valence-corrected chi connectivity index (χ2v) is 6.95. The Hall–Kier alpha value is -1.64. The number of hydrogen-bond donors (Lipinski definition) is 3. The molecule has 0 radical (unpaired) electrons. The lowest BCUT2D eigenvalue weighted by molar-refractivity contribution is 0.165. The summed E-state index contributed by atoms with van der Waals surface area (Å²) >= 11 is 0. The highest BCUT2D eigenvalue weighted by Gasteiger charge is 2.18. The van der Waals surface area contributed by atoms with Gasteiger partial charge in [-0.3, -0.25) is 0 Å². The summed E-state index contributed by atoms with van der Waals surface area (Å²) in [5.74, 6) is -0.217. The zero-order valence-corrected chi connectivity index (χ0v) is 12.9. The summed E-state index contributed by atoms with van der Waals surface area (Å²) in [6.07, 6.45) is 0. The lowest BCUT2D eigenvalue weighted by atomic mass is 10.2. The number of likely N-dealkylation sites (N-methyl/N-ethyl adjacent to an activating group) is 1. The number of nitrogens with two attached hydrogens (primary N) is 1. The van der Waals surface area contributed by atoms with E-state index in [1.807, 2.05) is 6.92 Å². The molecule has 1 rings (SSSR count). The summed E-state index contributed by atoms with van der Waals surface area (Å²) in [6.45, 7) is 2.08. The molecule has 21 heavy (non-hydrogen) atoms. The van der Waals surface area contributed by atoms with Gasteiger partial charge in [0.1, 0.15) is 0 Å². The minimum Gasteiger partial charge on any atom is -0.409 e. The average Bonchev–Trinajstić information content (AvgIpc) is 2.51. The predicted octanol–water partition coefficient (Wildman–Crippen LogP) is -0.133. The van der Waals surface area contributed by atoms with Crippen molar-refractivity contribution in [1.29, 1.82) is 0 Å². The molecular formula is C13H21N3O4S. The van der Waals surface area contributed by atoms with Gasteiger partial charge in [-0.2, -0.15) is 0 Å². The van der Waals surface area contributed by atoms with Crippen LogP contribution in [0.1, 0.15) is 12.5 Å². The molecule has 0 fully saturated rings. The molecule has 118 valence electrons. The van der Waals surface area contributed by atoms with E-state index in [9.17, 15) is 8.42 Å². The third-order valence-electron chi connectivity index (χ3n) is 3.33. The average molecular weight is 315 g/mol. The van der Waals surface area contributed by atoms with Gasteiger partial charge in [0.25, 0.3) is 0 Å². The van der Waals surface area contributed by atoms with Gasteiger partial charge in [0, 0.05) is 18.2 Å². The zero-order valence-electron chi connectivity index (χ0n) is 12.1. The molecule has 1 unspecified atom stereocenters. The van der Waals surface area contributed by atoms with E-state index in [4.69, 9.17) is 16.0 Å². The van der Waals surface area contributed by atoms with E-state index >= 15 is 0 Å². The van der Waals surface area contributed by atoms with Crippen molar-refractivity contribution in [2.24, 2.45) is 10.9 Å². The Morgan fingerprint density at radius 2 is 2.14 bits per heavy atom. The molecule has 0 amide bonds. The molecule has 4 N–H and O–H groups in total. The van der Waals surface area contributed by atoms with Crippen molar-refractivity contribution in [2.45, 2.75) is 17.9 Å². The maximum Gasteiger partial charge on any atom is 0.179 e. The largest absolute Gasteiger partial charge is 0.409 e. The van der Waals surface area contributed by atoms with Gasteiger partial charge >= 0.3 is 0 Å². The first-order chi connectivity index (χ1) is 9.81. The number of amidine groups is 1. The summed E-state index contributed by atoms with van der Waals surface area (Å²) in [5, 5.41) is 20.5. The molecular weight excluding hydrogens is 294 g/mol. The molecule has 0 saturated heterocycles. The van der Waals surface area contributed by atoms with Crippen LogP contribution in [0.15, 0.2) is 34.3 Å². The van der Waals surface area contributed by atoms with Gasteiger partial charge in [-0.15, -0.1) is 0 Å². The Balaban J connectivity index is 2.89. The molecule has 0 spiro atoms. The summed E-state index contributed by atoms with van der Waals surface area (Å²) in [6, 6.07) is 5.84. The van der Waals surface area contributed by atoms with Gasteiger partial charge in [-0.05, 0) is 26.1 Å². The van der Waals surface area contributed by atoms with Crippen LogP contribution in [0.3, 0.4) is 0 Å². The second kappa shape index (κ2) is 7.39. The van der Waals surface area contributed by atoms with Crippen LogP contribution in [-0.2, 0) is 9.84 Å². The number of rotatable bonds is 7. The van der Waals surface area contributed by atoms with Crippen LogP contribution in [0, 0.1) is 0 Å². The quantitative estimate of drug-likeness (QED) is 0.279. The van der Waals surface area contributed by atoms with E-state index in [2.05, 4.69) is 5.16 Å². The van der Waals surface area contributed by atoms with E-state index in [1.165, 1.54) is 12.1 Å². The molecule has 0 aliphatic heterocycles. The van der Waals surface area contributed by atoms with Crippen LogP contribution < -0.4 is 5.73 Å². The van der Waals surface area contributed by atoms with Crippen molar-refractivity contribution >= 4 is 15.7 Å². The van der Waals surface area contributed by atoms with Gasteiger partial charge in [-0.1, -0.05) is 17.3 Å². The standard InChI is InChI=1S/C13H21N3O4S/c1-10(9-17)16(2)6-7-21(19,20)12-5-3-4-11(8-12)13(14)15-18/h3-5,8,10,17-18H,6-7,9H2,1-2H3,(H2,14,15). The van der Waals surface area contributed by atoms with Crippen molar-refractivity contribution in [3.63, 3.8) is 0 Å². The number of nitrogens with zero attached hydrogens (tertiary/aromatic N) is 2. The number of aliphatic hydroxyl groups is 1. The first-order valence-electron chi connectivity index (χ1n) is 6.43. The van der Waals surface area contributed by atoms with Gasteiger partial charge in [0.2, 0.25) is 0 Å². The smallest absolute Gasteiger partial charge is 0.179 e. The first-order valence-corrected chi connectivity index (χ1v) is 8.09. The lowest BCUT2D eigenvalue weighted by Gasteiger charge is -2.22. The summed E-state index contributed by atoms with van der Waals surface area (Å²) in [5.41, 5.74) is 5.80. The first kappa shape index (κ1) is 17.4. The van der Waals surface area contributed by atoms with Crippen molar-refractivity contribution in [2.75, 3.05) is 26.0 Å². The third-order valence-corrected chi connectivity index (χ3v) is 5.02. The Bertz CT molecular complexity index is 601. The highest BCUT2D eigenvalue weighted by atomic mass is 32.2. The highest BCUT2D eigenvalue weighted by molar-refractivity contribution is 7.91. The van der Waals surface area contributed by atoms with Crippen molar-refractivity contribution in [1.82, 2.24) is 4.90 Å².